The quantitative estimate of drug-likeness (QED) is 0.181. The zero-order valence-electron chi connectivity index (χ0n) is 26.5. The third-order valence-corrected chi connectivity index (χ3v) is 10.3. The predicted octanol–water partition coefficient (Wildman–Crippen LogP) is 12.2. The minimum atomic E-state index is 0.799. The van der Waals surface area contributed by atoms with Gasteiger partial charge in [0.15, 0.2) is 0 Å². The number of nitrogens with zero attached hydrogens (tertiary/aromatic N) is 3. The zero-order valence-corrected chi connectivity index (χ0v) is 27.3. The molecule has 9 aromatic rings. The maximum absolute atomic E-state index is 5.01. The van der Waals surface area contributed by atoms with Crippen molar-refractivity contribution in [2.24, 2.45) is 0 Å². The molecule has 0 N–H and O–H groups in total. The highest BCUT2D eigenvalue weighted by atomic mass is 32.1. The van der Waals surface area contributed by atoms with E-state index < -0.39 is 0 Å². The smallest absolute Gasteiger partial charge is 0.106 e. The molecular weight excluding hydrogens is 615 g/mol. The van der Waals surface area contributed by atoms with Crippen LogP contribution < -0.4 is 0 Å². The number of benzene rings is 7. The lowest BCUT2D eigenvalue weighted by Crippen LogP contribution is -2.02. The number of aromatic nitrogens is 3. The molecular formula is C45H29N3S. The standard InChI is InChI=1S/C45H29N3S/c1-4-16-30(17-5-1)33-22-10-12-24-35(33)37-28-29-40-41(38-26-14-15-27-39(38)49-40)42(37)45-43(44(46-48-47-45)32-20-8-3-9-21-32)36-25-13-11-23-34(36)31-18-6-2-7-19-31/h1-29H. The second kappa shape index (κ2) is 12.4. The van der Waals surface area contributed by atoms with E-state index in [0.717, 1.165) is 55.9 Å². The lowest BCUT2D eigenvalue weighted by atomic mass is 9.84. The SMILES string of the molecule is c1ccc(-c2ccccc2-c2ccc3sc4ccccc4c3c2-c2nnnc(-c3ccccc3)c2-c2ccccc2-c2ccccc2)cc1. The molecule has 0 spiro atoms. The maximum Gasteiger partial charge on any atom is 0.106 e. The molecule has 0 atom stereocenters. The van der Waals surface area contributed by atoms with Crippen LogP contribution in [0.15, 0.2) is 176 Å². The van der Waals surface area contributed by atoms with Gasteiger partial charge in [-0.05, 0) is 56.3 Å². The Labute approximate surface area is 288 Å². The highest BCUT2D eigenvalue weighted by molar-refractivity contribution is 7.26. The number of hydrogen-bond donors (Lipinski definition) is 0. The highest BCUT2D eigenvalue weighted by Crippen LogP contribution is 2.50. The predicted molar refractivity (Wildman–Crippen MR) is 205 cm³/mol. The van der Waals surface area contributed by atoms with Crippen molar-refractivity contribution in [1.82, 2.24) is 15.4 Å². The summed E-state index contributed by atoms with van der Waals surface area (Å²) < 4.78 is 2.45. The van der Waals surface area contributed by atoms with E-state index in [9.17, 15) is 0 Å². The zero-order chi connectivity index (χ0) is 32.6. The van der Waals surface area contributed by atoms with Crippen molar-refractivity contribution < 1.29 is 0 Å². The van der Waals surface area contributed by atoms with Gasteiger partial charge in [0.1, 0.15) is 11.4 Å². The van der Waals surface area contributed by atoms with E-state index in [-0.39, 0.29) is 0 Å². The van der Waals surface area contributed by atoms with Gasteiger partial charge in [-0.1, -0.05) is 164 Å². The maximum atomic E-state index is 5.01. The van der Waals surface area contributed by atoms with Crippen molar-refractivity contribution in [2.75, 3.05) is 0 Å². The summed E-state index contributed by atoms with van der Waals surface area (Å²) in [5.41, 5.74) is 12.5. The Morgan fingerprint density at radius 1 is 0.327 bits per heavy atom. The van der Waals surface area contributed by atoms with Gasteiger partial charge in [-0.15, -0.1) is 21.5 Å². The van der Waals surface area contributed by atoms with Gasteiger partial charge in [0.25, 0.3) is 0 Å². The van der Waals surface area contributed by atoms with E-state index in [2.05, 4.69) is 175 Å². The fourth-order valence-corrected chi connectivity index (χ4v) is 8.11. The van der Waals surface area contributed by atoms with Crippen LogP contribution in [-0.4, -0.2) is 15.4 Å². The molecule has 0 fully saturated rings. The first kappa shape index (κ1) is 29.0. The Morgan fingerprint density at radius 2 is 0.837 bits per heavy atom. The Kier molecular flexibility index (Phi) is 7.34. The van der Waals surface area contributed by atoms with Crippen molar-refractivity contribution in [3.63, 3.8) is 0 Å². The Hall–Kier alpha value is -6.23. The number of hydrogen-bond acceptors (Lipinski definition) is 4. The summed E-state index contributed by atoms with van der Waals surface area (Å²) in [6.07, 6.45) is 0. The summed E-state index contributed by atoms with van der Waals surface area (Å²) in [7, 11) is 0. The normalized spacial score (nSPS) is 11.3. The van der Waals surface area contributed by atoms with E-state index in [1.165, 1.54) is 31.3 Å². The van der Waals surface area contributed by atoms with Crippen LogP contribution in [0.4, 0.5) is 0 Å². The minimum absolute atomic E-state index is 0.799. The van der Waals surface area contributed by atoms with E-state index in [0.29, 0.717) is 0 Å². The second-order valence-electron chi connectivity index (χ2n) is 12.0. The molecule has 0 bridgehead atoms. The van der Waals surface area contributed by atoms with Crippen molar-refractivity contribution in [1.29, 1.82) is 0 Å². The number of thiophene rings is 1. The first-order valence-electron chi connectivity index (χ1n) is 16.4. The van der Waals surface area contributed by atoms with E-state index in [1.807, 2.05) is 17.4 Å². The molecule has 9 rings (SSSR count). The third kappa shape index (κ3) is 5.10. The summed E-state index contributed by atoms with van der Waals surface area (Å²) in [4.78, 5) is 0. The Morgan fingerprint density at radius 3 is 1.51 bits per heavy atom. The van der Waals surface area contributed by atoms with Gasteiger partial charge in [0.2, 0.25) is 0 Å². The Bertz CT molecular complexity index is 2590. The first-order chi connectivity index (χ1) is 24.3. The van der Waals surface area contributed by atoms with Crippen molar-refractivity contribution in [3.8, 4) is 67.0 Å². The highest BCUT2D eigenvalue weighted by Gasteiger charge is 2.26. The van der Waals surface area contributed by atoms with Crippen molar-refractivity contribution in [3.05, 3.63) is 176 Å². The van der Waals surface area contributed by atoms with Crippen molar-refractivity contribution >= 4 is 31.5 Å². The molecule has 0 amide bonds. The molecule has 7 aromatic carbocycles. The molecule has 4 heteroatoms. The van der Waals surface area contributed by atoms with E-state index in [4.69, 9.17) is 10.2 Å². The molecule has 0 saturated heterocycles. The molecule has 0 unspecified atom stereocenters. The summed E-state index contributed by atoms with van der Waals surface area (Å²) in [5, 5.41) is 16.7. The topological polar surface area (TPSA) is 38.7 Å². The van der Waals surface area contributed by atoms with Crippen LogP contribution in [0.25, 0.3) is 87.2 Å². The molecule has 2 aromatic heterocycles. The monoisotopic (exact) mass is 643 g/mol. The van der Waals surface area contributed by atoms with Crippen LogP contribution in [0.5, 0.6) is 0 Å². The van der Waals surface area contributed by atoms with Gasteiger partial charge in [-0.3, -0.25) is 0 Å². The minimum Gasteiger partial charge on any atom is -0.135 e. The Balaban J connectivity index is 1.45. The van der Waals surface area contributed by atoms with Gasteiger partial charge < -0.3 is 0 Å². The van der Waals surface area contributed by atoms with Crippen LogP contribution in [0.3, 0.4) is 0 Å². The third-order valence-electron chi connectivity index (χ3n) is 9.17. The van der Waals surface area contributed by atoms with Gasteiger partial charge >= 0.3 is 0 Å². The summed E-state index contributed by atoms with van der Waals surface area (Å²) >= 11 is 1.81. The molecule has 0 saturated carbocycles. The average Bonchev–Trinajstić information content (AvgIpc) is 3.57. The molecule has 0 aliphatic rings. The molecule has 2 heterocycles. The molecule has 49 heavy (non-hydrogen) atoms. The van der Waals surface area contributed by atoms with E-state index in [1.54, 1.807) is 0 Å². The van der Waals surface area contributed by atoms with Crippen molar-refractivity contribution in [2.45, 2.75) is 0 Å². The molecule has 0 radical (unpaired) electrons. The molecule has 3 nitrogen and oxygen atoms in total. The van der Waals surface area contributed by atoms with Gasteiger partial charge in [0.05, 0.1) is 0 Å². The summed E-state index contributed by atoms with van der Waals surface area (Å²) in [6.45, 7) is 0. The van der Waals surface area contributed by atoms with Gasteiger partial charge in [0, 0.05) is 36.9 Å². The van der Waals surface area contributed by atoms with Crippen LogP contribution in [0.2, 0.25) is 0 Å². The fourth-order valence-electron chi connectivity index (χ4n) is 7.00. The van der Waals surface area contributed by atoms with Crippen LogP contribution in [-0.2, 0) is 0 Å². The first-order valence-corrected chi connectivity index (χ1v) is 17.2. The van der Waals surface area contributed by atoms with Crippen LogP contribution >= 0.6 is 11.3 Å². The lowest BCUT2D eigenvalue weighted by molar-refractivity contribution is 0.879. The van der Waals surface area contributed by atoms with Gasteiger partial charge in [-0.2, -0.15) is 0 Å². The molecule has 0 aliphatic carbocycles. The average molecular weight is 644 g/mol. The summed E-state index contributed by atoms with van der Waals surface area (Å²) in [5.74, 6) is 0. The van der Waals surface area contributed by atoms with Crippen LogP contribution in [0.1, 0.15) is 0 Å². The number of fused-ring (bicyclic) bond motifs is 3. The molecule has 230 valence electrons. The van der Waals surface area contributed by atoms with E-state index >= 15 is 0 Å². The fraction of sp³-hybridized carbons (Fsp3) is 0. The van der Waals surface area contributed by atoms with Crippen LogP contribution in [0, 0.1) is 0 Å². The second-order valence-corrected chi connectivity index (χ2v) is 13.1. The number of rotatable bonds is 6. The lowest BCUT2D eigenvalue weighted by Gasteiger charge is -2.20. The molecule has 0 aliphatic heterocycles. The summed E-state index contributed by atoms with van der Waals surface area (Å²) in [6, 6.07) is 62.0. The largest absolute Gasteiger partial charge is 0.135 e. The van der Waals surface area contributed by atoms with Gasteiger partial charge in [-0.25, -0.2) is 0 Å².